The van der Waals surface area contributed by atoms with E-state index in [1.165, 1.54) is 17.8 Å². The van der Waals surface area contributed by atoms with Crippen LogP contribution in [0.3, 0.4) is 0 Å². The SMILES string of the molecule is Cc1c(Sc2c(F)cccc2Br)cccc1C1OCCO1. The second kappa shape index (κ2) is 6.48. The Hall–Kier alpha value is -0.880. The third-order valence-corrected chi connectivity index (χ3v) is 5.54. The molecule has 0 aromatic heterocycles. The van der Waals surface area contributed by atoms with Gasteiger partial charge in [0.05, 0.1) is 18.1 Å². The zero-order valence-electron chi connectivity index (χ0n) is 11.4. The first-order valence-corrected chi connectivity index (χ1v) is 8.22. The highest BCUT2D eigenvalue weighted by Crippen LogP contribution is 2.39. The minimum Gasteiger partial charge on any atom is -0.346 e. The van der Waals surface area contributed by atoms with Crippen LogP contribution in [0.15, 0.2) is 50.7 Å². The predicted octanol–water partition coefficient (Wildman–Crippen LogP) is 5.09. The molecule has 0 amide bonds. The molecule has 2 nitrogen and oxygen atoms in total. The van der Waals surface area contributed by atoms with Crippen LogP contribution < -0.4 is 0 Å². The molecule has 110 valence electrons. The quantitative estimate of drug-likeness (QED) is 0.751. The molecule has 21 heavy (non-hydrogen) atoms. The van der Waals surface area contributed by atoms with Gasteiger partial charge in [0, 0.05) is 14.9 Å². The van der Waals surface area contributed by atoms with Crippen molar-refractivity contribution in [2.45, 2.75) is 23.0 Å². The Morgan fingerprint density at radius 1 is 1.14 bits per heavy atom. The van der Waals surface area contributed by atoms with E-state index in [0.29, 0.717) is 18.1 Å². The Balaban J connectivity index is 1.94. The second-order valence-electron chi connectivity index (χ2n) is 4.70. The van der Waals surface area contributed by atoms with Crippen molar-refractivity contribution in [3.63, 3.8) is 0 Å². The maximum absolute atomic E-state index is 14.0. The van der Waals surface area contributed by atoms with Gasteiger partial charge in [-0.15, -0.1) is 0 Å². The van der Waals surface area contributed by atoms with Gasteiger partial charge < -0.3 is 9.47 Å². The molecule has 5 heteroatoms. The molecular formula is C16H14BrFO2S. The molecule has 0 spiro atoms. The molecule has 1 aliphatic heterocycles. The Morgan fingerprint density at radius 2 is 1.86 bits per heavy atom. The van der Waals surface area contributed by atoms with Crippen molar-refractivity contribution in [1.29, 1.82) is 0 Å². The Kier molecular flexibility index (Phi) is 4.64. The van der Waals surface area contributed by atoms with Crippen molar-refractivity contribution in [3.8, 4) is 0 Å². The lowest BCUT2D eigenvalue weighted by Gasteiger charge is -2.16. The monoisotopic (exact) mass is 368 g/mol. The van der Waals surface area contributed by atoms with Crippen molar-refractivity contribution in [2.24, 2.45) is 0 Å². The molecule has 1 fully saturated rings. The lowest BCUT2D eigenvalue weighted by Crippen LogP contribution is -2.01. The first-order chi connectivity index (χ1) is 10.2. The van der Waals surface area contributed by atoms with Crippen LogP contribution in [0.25, 0.3) is 0 Å². The molecule has 1 aliphatic rings. The van der Waals surface area contributed by atoms with E-state index in [9.17, 15) is 4.39 Å². The molecule has 3 rings (SSSR count). The summed E-state index contributed by atoms with van der Waals surface area (Å²) in [6.07, 6.45) is -0.311. The molecule has 1 saturated heterocycles. The van der Waals surface area contributed by atoms with Crippen LogP contribution in [0.2, 0.25) is 0 Å². The summed E-state index contributed by atoms with van der Waals surface area (Å²) in [6, 6.07) is 10.9. The maximum Gasteiger partial charge on any atom is 0.184 e. The highest BCUT2D eigenvalue weighted by Gasteiger charge is 2.21. The van der Waals surface area contributed by atoms with Crippen LogP contribution in [0.4, 0.5) is 4.39 Å². The van der Waals surface area contributed by atoms with Crippen molar-refractivity contribution in [3.05, 3.63) is 57.8 Å². The minimum absolute atomic E-state index is 0.229. The summed E-state index contributed by atoms with van der Waals surface area (Å²) in [5.74, 6) is -0.229. The van der Waals surface area contributed by atoms with Gasteiger partial charge in [0.25, 0.3) is 0 Å². The number of halogens is 2. The first kappa shape index (κ1) is 15.0. The van der Waals surface area contributed by atoms with E-state index in [-0.39, 0.29) is 12.1 Å². The van der Waals surface area contributed by atoms with Gasteiger partial charge in [-0.05, 0) is 46.6 Å². The van der Waals surface area contributed by atoms with Gasteiger partial charge >= 0.3 is 0 Å². The largest absolute Gasteiger partial charge is 0.346 e. The van der Waals surface area contributed by atoms with Crippen LogP contribution in [0.1, 0.15) is 17.4 Å². The molecule has 2 aromatic carbocycles. The molecular weight excluding hydrogens is 355 g/mol. The summed E-state index contributed by atoms with van der Waals surface area (Å²) in [7, 11) is 0. The van der Waals surface area contributed by atoms with Crippen molar-refractivity contribution >= 4 is 27.7 Å². The van der Waals surface area contributed by atoms with Crippen molar-refractivity contribution < 1.29 is 13.9 Å². The summed E-state index contributed by atoms with van der Waals surface area (Å²) in [5, 5.41) is 0. The number of hydrogen-bond donors (Lipinski definition) is 0. The average molecular weight is 369 g/mol. The fourth-order valence-electron chi connectivity index (χ4n) is 2.23. The summed E-state index contributed by atoms with van der Waals surface area (Å²) in [5.41, 5.74) is 2.06. The van der Waals surface area contributed by atoms with Gasteiger partial charge in [0.1, 0.15) is 5.82 Å². The Bertz CT molecular complexity index is 636. The van der Waals surface area contributed by atoms with E-state index in [1.54, 1.807) is 6.07 Å². The van der Waals surface area contributed by atoms with E-state index >= 15 is 0 Å². The fourth-order valence-corrected chi connectivity index (χ4v) is 3.78. The standard InChI is InChI=1S/C16H14BrFO2S/c1-10-11(16-19-8-9-20-16)4-2-7-14(10)21-15-12(17)5-3-6-13(15)18/h2-7,16H,8-9H2,1H3. The van der Waals surface area contributed by atoms with Gasteiger partial charge in [-0.3, -0.25) is 0 Å². The van der Waals surface area contributed by atoms with Gasteiger partial charge in [-0.25, -0.2) is 4.39 Å². The fraction of sp³-hybridized carbons (Fsp3) is 0.250. The number of rotatable bonds is 3. The molecule has 0 bridgehead atoms. The lowest BCUT2D eigenvalue weighted by atomic mass is 10.1. The zero-order chi connectivity index (χ0) is 14.8. The van der Waals surface area contributed by atoms with E-state index in [0.717, 1.165) is 20.5 Å². The van der Waals surface area contributed by atoms with Crippen LogP contribution >= 0.6 is 27.7 Å². The van der Waals surface area contributed by atoms with Crippen molar-refractivity contribution in [2.75, 3.05) is 13.2 Å². The highest BCUT2D eigenvalue weighted by molar-refractivity contribution is 9.10. The van der Waals surface area contributed by atoms with E-state index in [4.69, 9.17) is 9.47 Å². The lowest BCUT2D eigenvalue weighted by molar-refractivity contribution is -0.0447. The van der Waals surface area contributed by atoms with E-state index < -0.39 is 0 Å². The average Bonchev–Trinajstić information content (AvgIpc) is 2.99. The van der Waals surface area contributed by atoms with Crippen LogP contribution in [0, 0.1) is 12.7 Å². The normalized spacial score (nSPS) is 15.6. The number of hydrogen-bond acceptors (Lipinski definition) is 3. The van der Waals surface area contributed by atoms with E-state index in [2.05, 4.69) is 15.9 Å². The van der Waals surface area contributed by atoms with Gasteiger partial charge in [0.15, 0.2) is 6.29 Å². The Morgan fingerprint density at radius 3 is 2.57 bits per heavy atom. The molecule has 0 N–H and O–H groups in total. The first-order valence-electron chi connectivity index (χ1n) is 6.61. The van der Waals surface area contributed by atoms with Gasteiger partial charge in [-0.2, -0.15) is 0 Å². The summed E-state index contributed by atoms with van der Waals surface area (Å²) in [6.45, 7) is 3.23. The molecule has 1 heterocycles. The third-order valence-electron chi connectivity index (χ3n) is 3.33. The smallest absolute Gasteiger partial charge is 0.184 e. The second-order valence-corrected chi connectivity index (χ2v) is 6.60. The van der Waals surface area contributed by atoms with Crippen LogP contribution in [0.5, 0.6) is 0 Å². The van der Waals surface area contributed by atoms with Crippen LogP contribution in [-0.2, 0) is 9.47 Å². The van der Waals surface area contributed by atoms with E-state index in [1.807, 2.05) is 31.2 Å². The predicted molar refractivity (Wildman–Crippen MR) is 84.0 cm³/mol. The Labute approximate surface area is 135 Å². The molecule has 0 aliphatic carbocycles. The number of ether oxygens (including phenoxy) is 2. The van der Waals surface area contributed by atoms with Gasteiger partial charge in [0.2, 0.25) is 0 Å². The molecule has 0 radical (unpaired) electrons. The maximum atomic E-state index is 14.0. The molecule has 2 aromatic rings. The summed E-state index contributed by atoms with van der Waals surface area (Å²) < 4.78 is 25.8. The zero-order valence-corrected chi connectivity index (χ0v) is 13.8. The van der Waals surface area contributed by atoms with Gasteiger partial charge in [-0.1, -0.05) is 30.0 Å². The molecule has 0 unspecified atom stereocenters. The van der Waals surface area contributed by atoms with Crippen molar-refractivity contribution in [1.82, 2.24) is 0 Å². The molecule has 0 saturated carbocycles. The van der Waals surface area contributed by atoms with Crippen LogP contribution in [-0.4, -0.2) is 13.2 Å². The number of benzene rings is 2. The third kappa shape index (κ3) is 3.16. The summed E-state index contributed by atoms with van der Waals surface area (Å²) in [4.78, 5) is 1.59. The molecule has 0 atom stereocenters. The summed E-state index contributed by atoms with van der Waals surface area (Å²) >= 11 is 4.81. The highest BCUT2D eigenvalue weighted by atomic mass is 79.9. The topological polar surface area (TPSA) is 18.5 Å². The minimum atomic E-state index is -0.311.